The van der Waals surface area contributed by atoms with E-state index in [0.717, 1.165) is 12.0 Å². The molecule has 4 rings (SSSR count). The molecule has 2 aromatic carbocycles. The third-order valence-electron chi connectivity index (χ3n) is 8.60. The van der Waals surface area contributed by atoms with Crippen LogP contribution in [0.5, 0.6) is 0 Å². The van der Waals surface area contributed by atoms with Gasteiger partial charge in [-0.15, -0.1) is 0 Å². The van der Waals surface area contributed by atoms with E-state index in [-0.39, 0.29) is 0 Å². The van der Waals surface area contributed by atoms with Gasteiger partial charge in [-0.2, -0.15) is 0 Å². The van der Waals surface area contributed by atoms with E-state index in [1.54, 1.807) is 16.7 Å². The van der Waals surface area contributed by atoms with Crippen LogP contribution in [0.3, 0.4) is 0 Å². The fourth-order valence-electron chi connectivity index (χ4n) is 5.97. The average molecular weight is 681 g/mol. The quantitative estimate of drug-likeness (QED) is 0.310. The van der Waals surface area contributed by atoms with E-state index in [1.165, 1.54) is 75.3 Å². The first kappa shape index (κ1) is 30.5. The van der Waals surface area contributed by atoms with Crippen LogP contribution in [0.2, 0.25) is 13.1 Å². The summed E-state index contributed by atoms with van der Waals surface area (Å²) in [5.74, 6) is 0.164. The minimum atomic E-state index is -1.85. The zero-order valence-corrected chi connectivity index (χ0v) is 29.3. The topological polar surface area (TPSA) is 12.0 Å². The molecule has 1 fully saturated rings. The number of benzene rings is 2. The Labute approximate surface area is 237 Å². The summed E-state index contributed by atoms with van der Waals surface area (Å²) in [7, 11) is 0. The monoisotopic (exact) mass is 682 g/mol. The van der Waals surface area contributed by atoms with E-state index in [4.69, 9.17) is 0 Å². The van der Waals surface area contributed by atoms with E-state index in [2.05, 4.69) is 92.6 Å². The molecule has 1 saturated carbocycles. The Morgan fingerprint density at radius 1 is 0.649 bits per heavy atom. The van der Waals surface area contributed by atoms with Gasteiger partial charge in [0.1, 0.15) is 0 Å². The van der Waals surface area contributed by atoms with Crippen LogP contribution < -0.4 is 3.30 Å². The minimum Gasteiger partial charge on any atom is -0.0622 e. The summed E-state index contributed by atoms with van der Waals surface area (Å²) in [4.78, 5) is 0. The molecule has 0 aliphatic heterocycles. The Hall–Kier alpha value is -1.03. The molecule has 37 heavy (non-hydrogen) atoms. The predicted molar refractivity (Wildman–Crippen MR) is 164 cm³/mol. The maximum absolute atomic E-state index is 4.43. The first-order valence-electron chi connectivity index (χ1n) is 15.0. The Balaban J connectivity index is 0.000000262. The number of rotatable bonds is 5. The standard InChI is InChI=1S/C12H10.C11H22N.C9H13.C2H7Si.Hf/c1-3-7-11(8-4-1)12-9-5-2-6-10-12;12-11-9-7-5-3-1-2-4-6-8-10-11;1-6-5-7(2)9(4)8(6)3;1-3-2;/h1-10H;11-12H,1-10H2;6H,1-4H3;3H,1-2H3;/q;-1;;;+1. The molecule has 0 spiro atoms. The van der Waals surface area contributed by atoms with Crippen LogP contribution in [0, 0.1) is 5.92 Å². The summed E-state index contributed by atoms with van der Waals surface area (Å²) >= 11 is -1.85. The van der Waals surface area contributed by atoms with Crippen molar-refractivity contribution < 1.29 is 20.9 Å². The molecule has 201 valence electrons. The van der Waals surface area contributed by atoms with Gasteiger partial charge in [0.05, 0.1) is 0 Å². The molecular weight excluding hydrogens is 629 g/mol. The van der Waals surface area contributed by atoms with Crippen LogP contribution in [-0.2, 0) is 20.9 Å². The molecule has 3 heteroatoms. The van der Waals surface area contributed by atoms with E-state index >= 15 is 0 Å². The van der Waals surface area contributed by atoms with Crippen molar-refractivity contribution in [3.8, 4) is 11.1 Å². The number of hydrogen-bond acceptors (Lipinski definition) is 1. The number of hydrogen-bond donors (Lipinski definition) is 1. The molecule has 2 aromatic rings. The molecule has 1 unspecified atom stereocenters. The maximum atomic E-state index is 4.43. The first-order valence-corrected chi connectivity index (χ1v) is 27.7. The summed E-state index contributed by atoms with van der Waals surface area (Å²) < 4.78 is 6.38. The van der Waals surface area contributed by atoms with Crippen LogP contribution in [0.1, 0.15) is 91.9 Å². The van der Waals surface area contributed by atoms with Crippen molar-refractivity contribution in [2.24, 2.45) is 5.92 Å². The van der Waals surface area contributed by atoms with Gasteiger partial charge >= 0.3 is 167 Å². The van der Waals surface area contributed by atoms with Crippen molar-refractivity contribution in [1.82, 2.24) is 3.30 Å². The van der Waals surface area contributed by atoms with Gasteiger partial charge in [-0.05, 0) is 11.1 Å². The van der Waals surface area contributed by atoms with Gasteiger partial charge in [0, 0.05) is 0 Å². The smallest absolute Gasteiger partial charge is 0.0184 e. The Kier molecular flexibility index (Phi) is 13.3. The molecule has 1 atom stereocenters. The van der Waals surface area contributed by atoms with Crippen molar-refractivity contribution in [3.05, 3.63) is 80.7 Å². The van der Waals surface area contributed by atoms with Gasteiger partial charge in [-0.1, -0.05) is 60.7 Å². The molecule has 0 heterocycles. The van der Waals surface area contributed by atoms with Crippen LogP contribution in [0.25, 0.3) is 11.1 Å². The molecule has 0 amide bonds. The van der Waals surface area contributed by atoms with E-state index < -0.39 is 26.9 Å². The molecule has 1 N–H and O–H groups in total. The van der Waals surface area contributed by atoms with Gasteiger partial charge in [-0.25, -0.2) is 0 Å². The van der Waals surface area contributed by atoms with Gasteiger partial charge in [0.2, 0.25) is 0 Å². The third-order valence-corrected chi connectivity index (χ3v) is 33.7. The van der Waals surface area contributed by atoms with Crippen molar-refractivity contribution in [1.29, 1.82) is 0 Å². The Morgan fingerprint density at radius 2 is 1.08 bits per heavy atom. The maximum Gasteiger partial charge on any atom is -0.0184 e. The zero-order valence-electron chi connectivity index (χ0n) is 24.6. The summed E-state index contributed by atoms with van der Waals surface area (Å²) in [6.07, 6.45) is 14.7. The Bertz CT molecular complexity index is 945. The van der Waals surface area contributed by atoms with Crippen LogP contribution in [-0.4, -0.2) is 12.0 Å². The van der Waals surface area contributed by atoms with Crippen molar-refractivity contribution >= 4 is 5.98 Å². The Morgan fingerprint density at radius 3 is 1.46 bits per heavy atom. The van der Waals surface area contributed by atoms with Crippen molar-refractivity contribution in [2.45, 2.75) is 111 Å². The third kappa shape index (κ3) is 9.29. The summed E-state index contributed by atoms with van der Waals surface area (Å²) in [6, 6.07) is 21.6. The van der Waals surface area contributed by atoms with Crippen molar-refractivity contribution in [3.63, 3.8) is 0 Å². The zero-order chi connectivity index (χ0) is 26.6. The normalized spacial score (nSPS) is 19.9. The minimum absolute atomic E-state index is 0.579. The number of allylic oxidation sites excluding steroid dienone is 4. The molecule has 0 bridgehead atoms. The fourth-order valence-corrected chi connectivity index (χ4v) is 30.7. The molecule has 0 saturated heterocycles. The van der Waals surface area contributed by atoms with Gasteiger partial charge in [-0.3, -0.25) is 0 Å². The van der Waals surface area contributed by atoms with Crippen LogP contribution in [0.4, 0.5) is 0 Å². The fraction of sp³-hybridized carbons (Fsp3) is 0.529. The first-order chi connectivity index (χ1) is 17.9. The second-order valence-electron chi connectivity index (χ2n) is 11.6. The van der Waals surface area contributed by atoms with E-state index in [0.29, 0.717) is 0 Å². The molecule has 2 aliphatic carbocycles. The predicted octanol–water partition coefficient (Wildman–Crippen LogP) is 9.99. The van der Waals surface area contributed by atoms with Gasteiger partial charge in [0.25, 0.3) is 0 Å². The van der Waals surface area contributed by atoms with Gasteiger partial charge < -0.3 is 0 Å². The second kappa shape index (κ2) is 16.2. The van der Waals surface area contributed by atoms with Gasteiger partial charge in [0.15, 0.2) is 0 Å². The molecule has 1 nitrogen and oxygen atoms in total. The van der Waals surface area contributed by atoms with Crippen LogP contribution >= 0.6 is 0 Å². The number of nitrogens with one attached hydrogen (secondary N) is 1. The average Bonchev–Trinajstić information content (AvgIpc) is 3.08. The van der Waals surface area contributed by atoms with E-state index in [1.807, 2.05) is 15.5 Å². The summed E-state index contributed by atoms with van der Waals surface area (Å²) in [5, 5.41) is 0. The summed E-state index contributed by atoms with van der Waals surface area (Å²) in [6.45, 7) is 14.9. The largest absolute Gasteiger partial charge is 0.0622 e. The van der Waals surface area contributed by atoms with Crippen LogP contribution in [0.15, 0.2) is 80.7 Å². The molecule has 0 radical (unpaired) electrons. The molecule has 0 aromatic heterocycles. The molecular formula is C34H52HfNSi. The van der Waals surface area contributed by atoms with E-state index in [9.17, 15) is 0 Å². The summed E-state index contributed by atoms with van der Waals surface area (Å²) in [5.41, 5.74) is 7.52. The van der Waals surface area contributed by atoms with Crippen molar-refractivity contribution in [2.75, 3.05) is 0 Å². The second-order valence-corrected chi connectivity index (χ2v) is 37.0. The SMILES string of the molecule is CC1=C(C)C(C)[C]([Hf]([NH]C2CCCCCCCCCC2)[SiH](C)C)=C1C.c1ccc(-c2ccccc2)cc1. The molecule has 2 aliphatic rings.